The molecule has 3 aromatic rings. The van der Waals surface area contributed by atoms with Crippen molar-refractivity contribution in [1.29, 1.82) is 0 Å². The highest BCUT2D eigenvalue weighted by Gasteiger charge is 2.31. The molecule has 0 saturated carbocycles. The zero-order chi connectivity index (χ0) is 23.0. The first-order valence-electron chi connectivity index (χ1n) is 9.79. The van der Waals surface area contributed by atoms with E-state index >= 15 is 4.39 Å². The zero-order valence-electron chi connectivity index (χ0n) is 16.8. The van der Waals surface area contributed by atoms with Gasteiger partial charge in [-0.25, -0.2) is 17.6 Å². The highest BCUT2D eigenvalue weighted by Crippen LogP contribution is 2.31. The van der Waals surface area contributed by atoms with Crippen molar-refractivity contribution in [2.75, 3.05) is 0 Å². The maximum atomic E-state index is 15.3. The molecule has 0 fully saturated rings. The fourth-order valence-electron chi connectivity index (χ4n) is 3.64. The van der Waals surface area contributed by atoms with E-state index in [1.54, 1.807) is 6.08 Å². The van der Waals surface area contributed by atoms with Crippen molar-refractivity contribution in [2.45, 2.75) is 31.7 Å². The number of benzene rings is 1. The molecule has 1 aliphatic carbocycles. The molecule has 0 aliphatic heterocycles. The Morgan fingerprint density at radius 3 is 2.66 bits per heavy atom. The standard InChI is InChI=1S/C23H17F4N3O2.2H2/c1-11(21-17(26)9-14(25)10-28-21)29-22(31)16(7-12-3-2-4-12)19-20(27)15-8-13(24)5-6-18(15)30-23(19)32;;/h2,5-6,8-11,16H,3,7H2,1H3,(H,29,31)(H,30,32);2*1H/t11-,16-;;/m1../s1. The van der Waals surface area contributed by atoms with Crippen LogP contribution in [0.2, 0.25) is 0 Å². The Hall–Kier alpha value is -3.71. The molecule has 4 rings (SSSR count). The Morgan fingerprint density at radius 1 is 1.25 bits per heavy atom. The highest BCUT2D eigenvalue weighted by molar-refractivity contribution is 5.87. The third kappa shape index (κ3) is 4.07. The summed E-state index contributed by atoms with van der Waals surface area (Å²) in [7, 11) is 0. The summed E-state index contributed by atoms with van der Waals surface area (Å²) in [5, 5.41) is 2.34. The molecule has 2 heterocycles. The van der Waals surface area contributed by atoms with Crippen LogP contribution in [-0.2, 0) is 4.79 Å². The second kappa shape index (κ2) is 8.43. The molecule has 9 heteroatoms. The Labute approximate surface area is 182 Å². The Balaban J connectivity index is 0.00000204. The number of nitrogens with zero attached hydrogens (tertiary/aromatic N) is 1. The minimum Gasteiger partial charge on any atom is -0.347 e. The topological polar surface area (TPSA) is 74.8 Å². The summed E-state index contributed by atoms with van der Waals surface area (Å²) in [5.41, 5.74) is 2.18. The van der Waals surface area contributed by atoms with Gasteiger partial charge in [0.25, 0.3) is 5.56 Å². The predicted molar refractivity (Wildman–Crippen MR) is 113 cm³/mol. The summed E-state index contributed by atoms with van der Waals surface area (Å²) in [6.07, 6.45) is 3.05. The van der Waals surface area contributed by atoms with Gasteiger partial charge in [-0.3, -0.25) is 14.6 Å². The van der Waals surface area contributed by atoms with Gasteiger partial charge in [-0.15, -0.1) is 5.73 Å². The second-order valence-corrected chi connectivity index (χ2v) is 7.54. The lowest BCUT2D eigenvalue weighted by Crippen LogP contribution is -2.36. The summed E-state index contributed by atoms with van der Waals surface area (Å²) in [5.74, 6) is -5.58. The molecule has 5 nitrogen and oxygen atoms in total. The first kappa shape index (κ1) is 21.5. The number of nitrogens with one attached hydrogen (secondary N) is 2. The lowest BCUT2D eigenvalue weighted by atomic mass is 9.87. The molecular formula is C23H21F4N3O2. The molecule has 0 unspecified atom stereocenters. The van der Waals surface area contributed by atoms with Gasteiger partial charge in [0.05, 0.1) is 34.9 Å². The van der Waals surface area contributed by atoms with E-state index in [2.05, 4.69) is 21.0 Å². The summed E-state index contributed by atoms with van der Waals surface area (Å²) in [6.45, 7) is 1.43. The molecule has 32 heavy (non-hydrogen) atoms. The van der Waals surface area contributed by atoms with E-state index in [0.29, 0.717) is 18.1 Å². The number of hydrogen-bond donors (Lipinski definition) is 2. The molecule has 168 valence electrons. The first-order valence-corrected chi connectivity index (χ1v) is 9.79. The van der Waals surface area contributed by atoms with Crippen LogP contribution in [0.5, 0.6) is 0 Å². The lowest BCUT2D eigenvalue weighted by Gasteiger charge is -2.22. The van der Waals surface area contributed by atoms with Crippen LogP contribution in [0.15, 0.2) is 52.6 Å². The van der Waals surface area contributed by atoms with E-state index < -0.39 is 52.3 Å². The minimum atomic E-state index is -1.28. The van der Waals surface area contributed by atoms with Gasteiger partial charge in [-0.2, -0.15) is 0 Å². The van der Waals surface area contributed by atoms with Crippen molar-refractivity contribution in [1.82, 2.24) is 15.3 Å². The van der Waals surface area contributed by atoms with E-state index in [9.17, 15) is 22.8 Å². The molecule has 0 radical (unpaired) electrons. The van der Waals surface area contributed by atoms with Gasteiger partial charge < -0.3 is 10.3 Å². The fraction of sp³-hybridized carbons (Fsp3) is 0.217. The van der Waals surface area contributed by atoms with Gasteiger partial charge in [0.15, 0.2) is 0 Å². The average Bonchev–Trinajstić information content (AvgIpc) is 2.69. The van der Waals surface area contributed by atoms with E-state index in [-0.39, 0.29) is 25.9 Å². The molecule has 2 aromatic heterocycles. The van der Waals surface area contributed by atoms with E-state index in [1.807, 2.05) is 0 Å². The number of H-pyrrole nitrogens is 1. The third-order valence-electron chi connectivity index (χ3n) is 5.32. The Kier molecular flexibility index (Phi) is 5.67. The van der Waals surface area contributed by atoms with Crippen LogP contribution in [-0.4, -0.2) is 15.9 Å². The SMILES string of the molecule is C[C@@H](NC(=O)[C@H](CC1=C=CC1)c1c(F)c2cc(F)ccc2[nH]c1=O)c1ncc(F)cc1F.[HH].[HH]. The van der Waals surface area contributed by atoms with Crippen molar-refractivity contribution in [3.05, 3.63) is 92.7 Å². The Morgan fingerprint density at radius 2 is 2.00 bits per heavy atom. The lowest BCUT2D eigenvalue weighted by molar-refractivity contribution is -0.123. The molecule has 1 amide bonds. The molecular weight excluding hydrogens is 426 g/mol. The van der Waals surface area contributed by atoms with Gasteiger partial charge in [-0.1, -0.05) is 0 Å². The van der Waals surface area contributed by atoms with E-state index in [1.165, 1.54) is 13.0 Å². The quantitative estimate of drug-likeness (QED) is 0.421. The van der Waals surface area contributed by atoms with E-state index in [4.69, 9.17) is 0 Å². The third-order valence-corrected chi connectivity index (χ3v) is 5.32. The van der Waals surface area contributed by atoms with Crippen LogP contribution in [0.1, 0.15) is 45.8 Å². The van der Waals surface area contributed by atoms with Crippen LogP contribution in [0.4, 0.5) is 17.6 Å². The van der Waals surface area contributed by atoms with Gasteiger partial charge in [0.1, 0.15) is 23.3 Å². The van der Waals surface area contributed by atoms with Crippen LogP contribution < -0.4 is 10.9 Å². The largest absolute Gasteiger partial charge is 0.347 e. The first-order chi connectivity index (χ1) is 15.2. The number of rotatable bonds is 6. The monoisotopic (exact) mass is 447 g/mol. The van der Waals surface area contributed by atoms with Gasteiger partial charge >= 0.3 is 0 Å². The second-order valence-electron chi connectivity index (χ2n) is 7.54. The number of allylic oxidation sites excluding steroid dienone is 1. The van der Waals surface area contributed by atoms with Crippen LogP contribution in [0, 0.1) is 23.3 Å². The summed E-state index contributed by atoms with van der Waals surface area (Å²) < 4.78 is 56.2. The smallest absolute Gasteiger partial charge is 0.255 e. The zero-order valence-corrected chi connectivity index (χ0v) is 16.8. The number of hydrogen-bond acceptors (Lipinski definition) is 3. The number of amides is 1. The molecule has 2 atom stereocenters. The number of aromatic amines is 1. The van der Waals surface area contributed by atoms with Crippen LogP contribution in [0.25, 0.3) is 10.9 Å². The van der Waals surface area contributed by atoms with Crippen LogP contribution >= 0.6 is 0 Å². The van der Waals surface area contributed by atoms with Crippen molar-refractivity contribution in [2.24, 2.45) is 0 Å². The summed E-state index contributed by atoms with van der Waals surface area (Å²) in [6, 6.07) is 2.89. The number of halogens is 4. The minimum absolute atomic E-state index is 0. The number of carbonyl (C=O) groups excluding carboxylic acids is 1. The molecule has 0 saturated heterocycles. The molecule has 1 aliphatic rings. The fourth-order valence-corrected chi connectivity index (χ4v) is 3.64. The molecule has 1 aromatic carbocycles. The van der Waals surface area contributed by atoms with Gasteiger partial charge in [0, 0.05) is 20.7 Å². The molecule has 0 bridgehead atoms. The number of carbonyl (C=O) groups is 1. The average molecular weight is 447 g/mol. The molecule has 2 N–H and O–H groups in total. The normalized spacial score (nSPS) is 14.6. The summed E-state index contributed by atoms with van der Waals surface area (Å²) in [4.78, 5) is 32.0. The number of aromatic nitrogens is 2. The van der Waals surface area contributed by atoms with Crippen molar-refractivity contribution in [3.63, 3.8) is 0 Å². The number of fused-ring (bicyclic) bond motifs is 1. The van der Waals surface area contributed by atoms with Crippen LogP contribution in [0.3, 0.4) is 0 Å². The van der Waals surface area contributed by atoms with Gasteiger partial charge in [0.2, 0.25) is 5.91 Å². The Bertz CT molecular complexity index is 1370. The maximum Gasteiger partial charge on any atom is 0.255 e. The van der Waals surface area contributed by atoms with Crippen molar-refractivity contribution < 1.29 is 25.2 Å². The molecule has 0 spiro atoms. The number of pyridine rings is 2. The predicted octanol–water partition coefficient (Wildman–Crippen LogP) is 4.81. The van der Waals surface area contributed by atoms with Crippen molar-refractivity contribution in [3.8, 4) is 0 Å². The van der Waals surface area contributed by atoms with Crippen molar-refractivity contribution >= 4 is 16.8 Å². The maximum absolute atomic E-state index is 15.3. The summed E-state index contributed by atoms with van der Waals surface area (Å²) >= 11 is 0. The van der Waals surface area contributed by atoms with Gasteiger partial charge in [-0.05, 0) is 43.2 Å². The van der Waals surface area contributed by atoms with E-state index in [0.717, 1.165) is 18.3 Å². The highest BCUT2D eigenvalue weighted by atomic mass is 19.1.